The van der Waals surface area contributed by atoms with Crippen molar-refractivity contribution in [1.29, 1.82) is 0 Å². The minimum Gasteiger partial charge on any atom is -0.353 e. The first-order valence-corrected chi connectivity index (χ1v) is 8.20. The van der Waals surface area contributed by atoms with Crippen molar-refractivity contribution in [3.8, 4) is 0 Å². The van der Waals surface area contributed by atoms with Gasteiger partial charge in [0.15, 0.2) is 0 Å². The van der Waals surface area contributed by atoms with E-state index in [1.807, 2.05) is 19.9 Å². The normalized spacial score (nSPS) is 17.6. The standard InChI is InChI=1S/C14H22ClN3OS/c1-11(2)16-14(19)10-18-7-5-17(6-8-18)9-12-3-4-13(15)20-12/h3-4,11H,5-10H2,1-2H3,(H,16,19). The summed E-state index contributed by atoms with van der Waals surface area (Å²) in [6.07, 6.45) is 0. The molecule has 1 aliphatic heterocycles. The molecule has 0 spiro atoms. The van der Waals surface area contributed by atoms with Crippen LogP contribution >= 0.6 is 22.9 Å². The van der Waals surface area contributed by atoms with Gasteiger partial charge in [-0.3, -0.25) is 14.6 Å². The molecule has 1 fully saturated rings. The summed E-state index contributed by atoms with van der Waals surface area (Å²) in [4.78, 5) is 17.7. The Bertz CT molecular complexity index is 441. The molecular weight excluding hydrogens is 294 g/mol. The van der Waals surface area contributed by atoms with E-state index in [2.05, 4.69) is 21.2 Å². The van der Waals surface area contributed by atoms with E-state index in [1.165, 1.54) is 4.88 Å². The summed E-state index contributed by atoms with van der Waals surface area (Å²) in [5, 5.41) is 2.94. The second kappa shape index (κ2) is 7.41. The maximum Gasteiger partial charge on any atom is 0.234 e. The zero-order valence-electron chi connectivity index (χ0n) is 12.1. The lowest BCUT2D eigenvalue weighted by Gasteiger charge is -2.34. The minimum atomic E-state index is 0.124. The topological polar surface area (TPSA) is 35.6 Å². The van der Waals surface area contributed by atoms with Crippen LogP contribution in [0.2, 0.25) is 4.34 Å². The fourth-order valence-electron chi connectivity index (χ4n) is 2.33. The van der Waals surface area contributed by atoms with E-state index in [-0.39, 0.29) is 11.9 Å². The van der Waals surface area contributed by atoms with Gasteiger partial charge < -0.3 is 5.32 Å². The highest BCUT2D eigenvalue weighted by Crippen LogP contribution is 2.23. The Kier molecular flexibility index (Phi) is 5.84. The second-order valence-electron chi connectivity index (χ2n) is 5.48. The zero-order chi connectivity index (χ0) is 14.5. The third-order valence-electron chi connectivity index (χ3n) is 3.29. The number of nitrogens with one attached hydrogen (secondary N) is 1. The molecule has 0 aliphatic carbocycles. The van der Waals surface area contributed by atoms with E-state index < -0.39 is 0 Å². The number of hydrogen-bond donors (Lipinski definition) is 1. The molecule has 2 rings (SSSR count). The number of carbonyl (C=O) groups is 1. The lowest BCUT2D eigenvalue weighted by atomic mass is 10.3. The number of thiophene rings is 1. The van der Waals surface area contributed by atoms with E-state index in [1.54, 1.807) is 11.3 Å². The number of hydrogen-bond acceptors (Lipinski definition) is 4. The maximum atomic E-state index is 11.7. The fourth-order valence-corrected chi connectivity index (χ4v) is 3.46. The first-order valence-electron chi connectivity index (χ1n) is 7.01. The van der Waals surface area contributed by atoms with Crippen LogP contribution in [0.5, 0.6) is 0 Å². The molecule has 6 heteroatoms. The Balaban J connectivity index is 1.71. The van der Waals surface area contributed by atoms with Gasteiger partial charge in [0.05, 0.1) is 10.9 Å². The van der Waals surface area contributed by atoms with Crippen LogP contribution in [-0.4, -0.2) is 54.5 Å². The predicted molar refractivity (Wildman–Crippen MR) is 84.3 cm³/mol. The number of amides is 1. The highest BCUT2D eigenvalue weighted by atomic mass is 35.5. The predicted octanol–water partition coefficient (Wildman–Crippen LogP) is 2.04. The molecule has 1 aromatic heterocycles. The van der Waals surface area contributed by atoms with Crippen LogP contribution in [0.15, 0.2) is 12.1 Å². The summed E-state index contributed by atoms with van der Waals surface area (Å²) in [5.41, 5.74) is 0. The summed E-state index contributed by atoms with van der Waals surface area (Å²) in [6, 6.07) is 4.26. The van der Waals surface area contributed by atoms with Gasteiger partial charge in [-0.2, -0.15) is 0 Å². The third kappa shape index (κ3) is 5.05. The molecule has 0 aromatic carbocycles. The minimum absolute atomic E-state index is 0.124. The summed E-state index contributed by atoms with van der Waals surface area (Å²) in [7, 11) is 0. The number of carbonyl (C=O) groups excluding carboxylic acids is 1. The molecule has 0 saturated carbocycles. The van der Waals surface area contributed by atoms with Crippen LogP contribution in [0.3, 0.4) is 0 Å². The summed E-state index contributed by atoms with van der Waals surface area (Å²) >= 11 is 7.59. The Morgan fingerprint density at radius 1 is 1.30 bits per heavy atom. The van der Waals surface area contributed by atoms with Gasteiger partial charge in [0.25, 0.3) is 0 Å². The van der Waals surface area contributed by atoms with Crippen LogP contribution in [0.25, 0.3) is 0 Å². The number of piperazine rings is 1. The van der Waals surface area contributed by atoms with Crippen LogP contribution < -0.4 is 5.32 Å². The van der Waals surface area contributed by atoms with E-state index >= 15 is 0 Å². The van der Waals surface area contributed by atoms with Crippen molar-refractivity contribution in [2.75, 3.05) is 32.7 Å². The molecule has 0 unspecified atom stereocenters. The Labute approximate surface area is 129 Å². The lowest BCUT2D eigenvalue weighted by molar-refractivity contribution is -0.123. The number of rotatable bonds is 5. The van der Waals surface area contributed by atoms with Crippen molar-refractivity contribution < 1.29 is 4.79 Å². The van der Waals surface area contributed by atoms with Gasteiger partial charge in [-0.25, -0.2) is 0 Å². The monoisotopic (exact) mass is 315 g/mol. The number of nitrogens with zero attached hydrogens (tertiary/aromatic N) is 2. The van der Waals surface area contributed by atoms with E-state index in [4.69, 9.17) is 11.6 Å². The third-order valence-corrected chi connectivity index (χ3v) is 4.51. The largest absolute Gasteiger partial charge is 0.353 e. The lowest BCUT2D eigenvalue weighted by Crippen LogP contribution is -2.49. The molecule has 1 N–H and O–H groups in total. The molecule has 1 saturated heterocycles. The Morgan fingerprint density at radius 2 is 1.95 bits per heavy atom. The molecule has 4 nitrogen and oxygen atoms in total. The summed E-state index contributed by atoms with van der Waals surface area (Å²) in [6.45, 7) is 9.36. The molecule has 1 aliphatic rings. The van der Waals surface area contributed by atoms with Crippen molar-refractivity contribution in [1.82, 2.24) is 15.1 Å². The molecular formula is C14H22ClN3OS. The number of halogens is 1. The van der Waals surface area contributed by atoms with Crippen LogP contribution in [0.4, 0.5) is 0 Å². The van der Waals surface area contributed by atoms with Crippen molar-refractivity contribution in [2.24, 2.45) is 0 Å². The molecule has 0 radical (unpaired) electrons. The van der Waals surface area contributed by atoms with Crippen molar-refractivity contribution in [2.45, 2.75) is 26.4 Å². The Hall–Kier alpha value is -0.620. The maximum absolute atomic E-state index is 11.7. The van der Waals surface area contributed by atoms with Gasteiger partial charge in [-0.1, -0.05) is 11.6 Å². The van der Waals surface area contributed by atoms with Crippen molar-refractivity contribution in [3.05, 3.63) is 21.3 Å². The molecule has 0 bridgehead atoms. The molecule has 20 heavy (non-hydrogen) atoms. The SMILES string of the molecule is CC(C)NC(=O)CN1CCN(Cc2ccc(Cl)s2)CC1. The second-order valence-corrected chi connectivity index (χ2v) is 7.28. The molecule has 112 valence electrons. The highest BCUT2D eigenvalue weighted by Gasteiger charge is 2.19. The molecule has 1 amide bonds. The van der Waals surface area contributed by atoms with E-state index in [0.717, 1.165) is 37.1 Å². The molecule has 2 heterocycles. The van der Waals surface area contributed by atoms with Gasteiger partial charge in [-0.05, 0) is 26.0 Å². The van der Waals surface area contributed by atoms with Gasteiger partial charge in [0.2, 0.25) is 5.91 Å². The first-order chi connectivity index (χ1) is 9.52. The van der Waals surface area contributed by atoms with Crippen LogP contribution in [0.1, 0.15) is 18.7 Å². The smallest absolute Gasteiger partial charge is 0.234 e. The average Bonchev–Trinajstić information content (AvgIpc) is 2.76. The fraction of sp³-hybridized carbons (Fsp3) is 0.643. The summed E-state index contributed by atoms with van der Waals surface area (Å²) in [5.74, 6) is 0.124. The van der Waals surface area contributed by atoms with Crippen LogP contribution in [-0.2, 0) is 11.3 Å². The van der Waals surface area contributed by atoms with E-state index in [9.17, 15) is 4.79 Å². The quantitative estimate of drug-likeness (QED) is 0.903. The molecule has 0 atom stereocenters. The van der Waals surface area contributed by atoms with Gasteiger partial charge in [-0.15, -0.1) is 11.3 Å². The van der Waals surface area contributed by atoms with Gasteiger partial charge >= 0.3 is 0 Å². The Morgan fingerprint density at radius 3 is 2.50 bits per heavy atom. The summed E-state index contributed by atoms with van der Waals surface area (Å²) < 4.78 is 0.851. The van der Waals surface area contributed by atoms with Crippen molar-refractivity contribution in [3.63, 3.8) is 0 Å². The molecule has 1 aromatic rings. The van der Waals surface area contributed by atoms with E-state index in [0.29, 0.717) is 6.54 Å². The highest BCUT2D eigenvalue weighted by molar-refractivity contribution is 7.16. The van der Waals surface area contributed by atoms with Gasteiger partial charge in [0, 0.05) is 43.6 Å². The average molecular weight is 316 g/mol. The van der Waals surface area contributed by atoms with Crippen LogP contribution in [0, 0.1) is 0 Å². The van der Waals surface area contributed by atoms with Gasteiger partial charge in [0.1, 0.15) is 0 Å². The first kappa shape index (κ1) is 15.8. The zero-order valence-corrected chi connectivity index (χ0v) is 13.6. The van der Waals surface area contributed by atoms with Crippen molar-refractivity contribution >= 4 is 28.8 Å².